The molecule has 1 amide bonds. The number of rotatable bonds is 5. The van der Waals surface area contributed by atoms with Crippen molar-refractivity contribution in [3.8, 4) is 0 Å². The number of anilines is 1. The van der Waals surface area contributed by atoms with Gasteiger partial charge in [0, 0.05) is 31.6 Å². The first kappa shape index (κ1) is 12.4. The van der Waals surface area contributed by atoms with Gasteiger partial charge in [-0.15, -0.1) is 11.3 Å². The standard InChI is InChI=1S/C11H13N5OS/c1-12-9-7-13-6-8(16-9)11(17)15-3-2-10-14-4-5-18-10/h4-7H,2-3H2,1H3,(H,12,16)(H,15,17). The lowest BCUT2D eigenvalue weighted by molar-refractivity contribution is 0.0949. The fraction of sp³-hybridized carbons (Fsp3) is 0.273. The summed E-state index contributed by atoms with van der Waals surface area (Å²) in [7, 11) is 1.73. The number of amides is 1. The maximum absolute atomic E-state index is 11.8. The van der Waals surface area contributed by atoms with Crippen LogP contribution in [0.5, 0.6) is 0 Å². The van der Waals surface area contributed by atoms with Crippen LogP contribution in [0, 0.1) is 0 Å². The third kappa shape index (κ3) is 3.24. The van der Waals surface area contributed by atoms with E-state index in [0.29, 0.717) is 18.1 Å². The molecule has 0 fully saturated rings. The zero-order valence-corrected chi connectivity index (χ0v) is 10.7. The summed E-state index contributed by atoms with van der Waals surface area (Å²) in [4.78, 5) is 24.0. The van der Waals surface area contributed by atoms with Gasteiger partial charge in [-0.05, 0) is 0 Å². The van der Waals surface area contributed by atoms with Crippen molar-refractivity contribution < 1.29 is 4.79 Å². The molecule has 0 aliphatic rings. The van der Waals surface area contributed by atoms with Gasteiger partial charge in [0.2, 0.25) is 0 Å². The van der Waals surface area contributed by atoms with E-state index in [-0.39, 0.29) is 5.91 Å². The van der Waals surface area contributed by atoms with Crippen LogP contribution in [-0.2, 0) is 6.42 Å². The molecule has 6 nitrogen and oxygen atoms in total. The van der Waals surface area contributed by atoms with E-state index in [1.165, 1.54) is 6.20 Å². The lowest BCUT2D eigenvalue weighted by Crippen LogP contribution is -2.26. The summed E-state index contributed by atoms with van der Waals surface area (Å²) >= 11 is 1.58. The van der Waals surface area contributed by atoms with Gasteiger partial charge in [0.15, 0.2) is 0 Å². The van der Waals surface area contributed by atoms with Crippen molar-refractivity contribution in [2.75, 3.05) is 18.9 Å². The number of nitrogens with one attached hydrogen (secondary N) is 2. The second-order valence-electron chi connectivity index (χ2n) is 3.47. The van der Waals surface area contributed by atoms with Crippen molar-refractivity contribution in [2.45, 2.75) is 6.42 Å². The minimum absolute atomic E-state index is 0.226. The number of carbonyl (C=O) groups is 1. The van der Waals surface area contributed by atoms with Gasteiger partial charge in [0.05, 0.1) is 17.4 Å². The van der Waals surface area contributed by atoms with Crippen LogP contribution >= 0.6 is 11.3 Å². The molecule has 18 heavy (non-hydrogen) atoms. The van der Waals surface area contributed by atoms with E-state index in [0.717, 1.165) is 11.4 Å². The molecule has 0 atom stereocenters. The van der Waals surface area contributed by atoms with Crippen molar-refractivity contribution in [1.82, 2.24) is 20.3 Å². The predicted octanol–water partition coefficient (Wildman–Crippen LogP) is 0.947. The highest BCUT2D eigenvalue weighted by Crippen LogP contribution is 2.04. The monoisotopic (exact) mass is 263 g/mol. The van der Waals surface area contributed by atoms with E-state index in [2.05, 4.69) is 25.6 Å². The maximum Gasteiger partial charge on any atom is 0.271 e. The molecule has 2 heterocycles. The minimum Gasteiger partial charge on any atom is -0.372 e. The smallest absolute Gasteiger partial charge is 0.271 e. The second kappa shape index (κ2) is 6.06. The molecule has 0 saturated heterocycles. The van der Waals surface area contributed by atoms with E-state index in [4.69, 9.17) is 0 Å². The number of hydrogen-bond donors (Lipinski definition) is 2. The molecule has 0 aliphatic carbocycles. The fourth-order valence-electron chi connectivity index (χ4n) is 1.35. The minimum atomic E-state index is -0.226. The van der Waals surface area contributed by atoms with Gasteiger partial charge >= 0.3 is 0 Å². The average Bonchev–Trinajstić information content (AvgIpc) is 2.92. The van der Waals surface area contributed by atoms with E-state index in [9.17, 15) is 4.79 Å². The van der Waals surface area contributed by atoms with Crippen LogP contribution in [0.25, 0.3) is 0 Å². The average molecular weight is 263 g/mol. The zero-order chi connectivity index (χ0) is 12.8. The molecular weight excluding hydrogens is 250 g/mol. The van der Waals surface area contributed by atoms with Crippen LogP contribution in [0.1, 0.15) is 15.5 Å². The topological polar surface area (TPSA) is 79.8 Å². The Morgan fingerprint density at radius 3 is 3.06 bits per heavy atom. The molecule has 0 aliphatic heterocycles. The SMILES string of the molecule is CNc1cncc(C(=O)NCCc2nccs2)n1. The van der Waals surface area contributed by atoms with Gasteiger partial charge in [-0.2, -0.15) is 0 Å². The molecule has 2 aromatic rings. The van der Waals surface area contributed by atoms with Crippen LogP contribution in [-0.4, -0.2) is 34.5 Å². The summed E-state index contributed by atoms with van der Waals surface area (Å²) in [6.45, 7) is 0.539. The molecule has 0 spiro atoms. The van der Waals surface area contributed by atoms with Gasteiger partial charge in [-0.25, -0.2) is 9.97 Å². The Morgan fingerprint density at radius 2 is 2.33 bits per heavy atom. The number of hydrogen-bond acceptors (Lipinski definition) is 6. The Hall–Kier alpha value is -2.02. The first-order chi connectivity index (χ1) is 8.79. The van der Waals surface area contributed by atoms with Gasteiger partial charge in [-0.1, -0.05) is 0 Å². The summed E-state index contributed by atoms with van der Waals surface area (Å²) in [5, 5.41) is 8.55. The van der Waals surface area contributed by atoms with E-state index in [1.807, 2.05) is 5.38 Å². The summed E-state index contributed by atoms with van der Waals surface area (Å²) in [5.74, 6) is 0.346. The molecule has 0 unspecified atom stereocenters. The quantitative estimate of drug-likeness (QED) is 0.839. The molecule has 7 heteroatoms. The van der Waals surface area contributed by atoms with Gasteiger partial charge < -0.3 is 10.6 Å². The Labute approximate surface area is 109 Å². The Kier molecular flexibility index (Phi) is 4.19. The number of aromatic nitrogens is 3. The first-order valence-corrected chi connectivity index (χ1v) is 6.34. The van der Waals surface area contributed by atoms with Crippen LogP contribution in [0.3, 0.4) is 0 Å². The summed E-state index contributed by atoms with van der Waals surface area (Å²) in [5.41, 5.74) is 0.306. The van der Waals surface area contributed by atoms with Crippen LogP contribution in [0.15, 0.2) is 24.0 Å². The largest absolute Gasteiger partial charge is 0.372 e. The molecule has 0 radical (unpaired) electrons. The maximum atomic E-state index is 11.8. The highest BCUT2D eigenvalue weighted by molar-refractivity contribution is 7.09. The highest BCUT2D eigenvalue weighted by Gasteiger charge is 2.08. The number of carbonyl (C=O) groups excluding carboxylic acids is 1. The van der Waals surface area contributed by atoms with E-state index >= 15 is 0 Å². The molecule has 2 rings (SSSR count). The predicted molar refractivity (Wildman–Crippen MR) is 69.7 cm³/mol. The number of thiazole rings is 1. The lowest BCUT2D eigenvalue weighted by Gasteiger charge is -2.04. The normalized spacial score (nSPS) is 10.1. The number of nitrogens with zero attached hydrogens (tertiary/aromatic N) is 3. The molecular formula is C11H13N5OS. The van der Waals surface area contributed by atoms with Crippen molar-refractivity contribution in [1.29, 1.82) is 0 Å². The third-order valence-corrected chi connectivity index (χ3v) is 3.07. The molecule has 0 saturated carbocycles. The summed E-state index contributed by atoms with van der Waals surface area (Å²) < 4.78 is 0. The van der Waals surface area contributed by atoms with E-state index in [1.54, 1.807) is 30.8 Å². The van der Waals surface area contributed by atoms with E-state index < -0.39 is 0 Å². The Morgan fingerprint density at radius 1 is 1.44 bits per heavy atom. The Balaban J connectivity index is 1.87. The van der Waals surface area contributed by atoms with Crippen molar-refractivity contribution >= 4 is 23.1 Å². The molecule has 2 N–H and O–H groups in total. The molecule has 2 aromatic heterocycles. The first-order valence-electron chi connectivity index (χ1n) is 5.46. The second-order valence-corrected chi connectivity index (χ2v) is 4.45. The van der Waals surface area contributed by atoms with Crippen LogP contribution in [0.2, 0.25) is 0 Å². The Bertz CT molecular complexity index is 514. The third-order valence-electron chi connectivity index (χ3n) is 2.23. The highest BCUT2D eigenvalue weighted by atomic mass is 32.1. The fourth-order valence-corrected chi connectivity index (χ4v) is 1.97. The summed E-state index contributed by atoms with van der Waals surface area (Å²) in [6.07, 6.45) is 5.48. The van der Waals surface area contributed by atoms with Gasteiger partial charge in [0.1, 0.15) is 11.5 Å². The van der Waals surface area contributed by atoms with Gasteiger partial charge in [-0.3, -0.25) is 9.78 Å². The van der Waals surface area contributed by atoms with Crippen LogP contribution < -0.4 is 10.6 Å². The molecule has 0 bridgehead atoms. The van der Waals surface area contributed by atoms with Crippen LogP contribution in [0.4, 0.5) is 5.82 Å². The van der Waals surface area contributed by atoms with Gasteiger partial charge in [0.25, 0.3) is 5.91 Å². The molecule has 94 valence electrons. The zero-order valence-electron chi connectivity index (χ0n) is 9.88. The summed E-state index contributed by atoms with van der Waals surface area (Å²) in [6, 6.07) is 0. The van der Waals surface area contributed by atoms with Crippen molar-refractivity contribution in [3.63, 3.8) is 0 Å². The van der Waals surface area contributed by atoms with Crippen molar-refractivity contribution in [2.24, 2.45) is 0 Å². The molecule has 0 aromatic carbocycles. The lowest BCUT2D eigenvalue weighted by atomic mass is 10.4. The van der Waals surface area contributed by atoms with Crippen molar-refractivity contribution in [3.05, 3.63) is 34.7 Å².